The Morgan fingerprint density at radius 2 is 1.89 bits per heavy atom. The molecule has 1 aliphatic rings. The molecule has 1 saturated heterocycles. The minimum absolute atomic E-state index is 0.0161. The number of sulfonamides is 1. The summed E-state index contributed by atoms with van der Waals surface area (Å²) in [6.07, 6.45) is 0.644. The van der Waals surface area contributed by atoms with Crippen molar-refractivity contribution in [3.8, 4) is 0 Å². The average Bonchev–Trinajstić information content (AvgIpc) is 3.17. The summed E-state index contributed by atoms with van der Waals surface area (Å²) in [6, 6.07) is 13.2. The van der Waals surface area contributed by atoms with Crippen LogP contribution in [0.2, 0.25) is 0 Å². The molecular formula is C19H25N3O3S2. The molecule has 0 radical (unpaired) electrons. The van der Waals surface area contributed by atoms with Crippen molar-refractivity contribution < 1.29 is 13.2 Å². The molecule has 2 aromatic rings. The molecule has 0 spiro atoms. The van der Waals surface area contributed by atoms with Crippen molar-refractivity contribution in [3.63, 3.8) is 0 Å². The van der Waals surface area contributed by atoms with Gasteiger partial charge in [0.1, 0.15) is 4.21 Å². The van der Waals surface area contributed by atoms with Gasteiger partial charge >= 0.3 is 0 Å². The standard InChI is InChI=1S/C19H25N3O3S2/c1-21(2)19(23)16-10-15(14-6-4-3-5-7-14)12-22(13-16)27(24,25)18-9-8-17(11-20)26-18/h3-9,15-16H,10-13,20H2,1-2H3/t15-,16+/m1/s1. The Morgan fingerprint density at radius 3 is 2.48 bits per heavy atom. The lowest BCUT2D eigenvalue weighted by Gasteiger charge is -2.37. The van der Waals surface area contributed by atoms with E-state index in [1.165, 1.54) is 15.6 Å². The first kappa shape index (κ1) is 20.0. The minimum Gasteiger partial charge on any atom is -0.349 e. The van der Waals surface area contributed by atoms with E-state index in [0.29, 0.717) is 19.5 Å². The third-order valence-corrected chi connectivity index (χ3v) is 8.32. The highest BCUT2D eigenvalue weighted by molar-refractivity contribution is 7.91. The second kappa shape index (κ2) is 8.10. The maximum absolute atomic E-state index is 13.2. The fourth-order valence-electron chi connectivity index (χ4n) is 3.50. The third-order valence-electron chi connectivity index (χ3n) is 4.91. The Balaban J connectivity index is 1.94. The summed E-state index contributed by atoms with van der Waals surface area (Å²) < 4.78 is 28.2. The van der Waals surface area contributed by atoms with E-state index in [-0.39, 0.29) is 28.5 Å². The molecule has 146 valence electrons. The molecule has 2 atom stereocenters. The fourth-order valence-corrected chi connectivity index (χ4v) is 6.42. The zero-order chi connectivity index (χ0) is 19.6. The number of hydrogen-bond donors (Lipinski definition) is 1. The van der Waals surface area contributed by atoms with Crippen molar-refractivity contribution in [1.29, 1.82) is 0 Å². The molecule has 2 N–H and O–H groups in total. The number of amides is 1. The quantitative estimate of drug-likeness (QED) is 0.823. The van der Waals surface area contributed by atoms with Crippen LogP contribution in [0, 0.1) is 5.92 Å². The minimum atomic E-state index is -3.66. The number of nitrogens with zero attached hydrogens (tertiary/aromatic N) is 2. The summed E-state index contributed by atoms with van der Waals surface area (Å²) in [5, 5.41) is 0. The van der Waals surface area contributed by atoms with Gasteiger partial charge in [0, 0.05) is 38.6 Å². The van der Waals surface area contributed by atoms with E-state index in [4.69, 9.17) is 5.73 Å². The highest BCUT2D eigenvalue weighted by Gasteiger charge is 2.39. The monoisotopic (exact) mass is 407 g/mol. The fraction of sp³-hybridized carbons (Fsp3) is 0.421. The maximum atomic E-state index is 13.2. The average molecular weight is 408 g/mol. The van der Waals surface area contributed by atoms with Crippen LogP contribution >= 0.6 is 11.3 Å². The first-order valence-corrected chi connectivity index (χ1v) is 11.1. The maximum Gasteiger partial charge on any atom is 0.252 e. The number of hydrogen-bond acceptors (Lipinski definition) is 5. The summed E-state index contributed by atoms with van der Waals surface area (Å²) in [6.45, 7) is 0.895. The molecule has 3 rings (SSSR count). The van der Waals surface area contributed by atoms with Gasteiger partial charge < -0.3 is 10.6 Å². The predicted octanol–water partition coefficient (Wildman–Crippen LogP) is 2.09. The number of rotatable bonds is 5. The predicted molar refractivity (Wildman–Crippen MR) is 107 cm³/mol. The normalized spacial score (nSPS) is 21.1. The number of carbonyl (C=O) groups excluding carboxylic acids is 1. The van der Waals surface area contributed by atoms with Crippen molar-refractivity contribution in [1.82, 2.24) is 9.21 Å². The van der Waals surface area contributed by atoms with Gasteiger partial charge in [-0.25, -0.2) is 8.42 Å². The summed E-state index contributed by atoms with van der Waals surface area (Å²) >= 11 is 1.20. The Labute approximate surface area is 164 Å². The third kappa shape index (κ3) is 4.24. The molecule has 8 heteroatoms. The summed E-state index contributed by atoms with van der Waals surface area (Å²) in [4.78, 5) is 15.0. The zero-order valence-corrected chi connectivity index (χ0v) is 17.2. The van der Waals surface area contributed by atoms with Gasteiger partial charge in [-0.3, -0.25) is 4.79 Å². The molecule has 27 heavy (non-hydrogen) atoms. The van der Waals surface area contributed by atoms with E-state index < -0.39 is 10.0 Å². The highest BCUT2D eigenvalue weighted by atomic mass is 32.2. The van der Waals surface area contributed by atoms with E-state index in [1.54, 1.807) is 31.1 Å². The van der Waals surface area contributed by atoms with E-state index in [0.717, 1.165) is 10.4 Å². The molecule has 0 unspecified atom stereocenters. The number of benzene rings is 1. The van der Waals surface area contributed by atoms with Gasteiger partial charge in [-0.1, -0.05) is 30.3 Å². The first-order chi connectivity index (χ1) is 12.8. The molecule has 1 aromatic heterocycles. The molecule has 0 bridgehead atoms. The summed E-state index contributed by atoms with van der Waals surface area (Å²) in [7, 11) is -0.242. The molecule has 1 aromatic carbocycles. The number of carbonyl (C=O) groups is 1. The van der Waals surface area contributed by atoms with Crippen LogP contribution in [0.5, 0.6) is 0 Å². The van der Waals surface area contributed by atoms with Crippen molar-refractivity contribution in [2.45, 2.75) is 23.1 Å². The van der Waals surface area contributed by atoms with Gasteiger partial charge in [0.2, 0.25) is 5.91 Å². The lowest BCUT2D eigenvalue weighted by atomic mass is 9.85. The van der Waals surface area contributed by atoms with Crippen LogP contribution in [-0.4, -0.2) is 50.7 Å². The number of thiophene rings is 1. The SMILES string of the molecule is CN(C)C(=O)[C@H]1C[C@@H](c2ccccc2)CN(S(=O)(=O)c2ccc(CN)s2)C1. The van der Waals surface area contributed by atoms with Crippen molar-refractivity contribution in [2.75, 3.05) is 27.2 Å². The van der Waals surface area contributed by atoms with Gasteiger partial charge in [-0.15, -0.1) is 11.3 Å². The second-order valence-corrected chi connectivity index (χ2v) is 10.4. The number of nitrogens with two attached hydrogens (primary N) is 1. The smallest absolute Gasteiger partial charge is 0.252 e. The van der Waals surface area contributed by atoms with Crippen LogP contribution in [0.25, 0.3) is 0 Å². The molecule has 0 aliphatic carbocycles. The van der Waals surface area contributed by atoms with E-state index >= 15 is 0 Å². The Bertz CT molecular complexity index is 894. The summed E-state index contributed by atoms with van der Waals surface area (Å²) in [5.74, 6) is -0.412. The lowest BCUT2D eigenvalue weighted by Crippen LogP contribution is -2.47. The lowest BCUT2D eigenvalue weighted by molar-refractivity contribution is -0.134. The van der Waals surface area contributed by atoms with Gasteiger partial charge in [-0.2, -0.15) is 4.31 Å². The van der Waals surface area contributed by atoms with Crippen LogP contribution < -0.4 is 5.73 Å². The van der Waals surface area contributed by atoms with Gasteiger partial charge in [0.25, 0.3) is 10.0 Å². The molecule has 1 aliphatic heterocycles. The number of piperidine rings is 1. The Hall–Kier alpha value is -1.74. The Kier molecular flexibility index (Phi) is 6.00. The van der Waals surface area contributed by atoms with Crippen molar-refractivity contribution in [3.05, 3.63) is 52.9 Å². The van der Waals surface area contributed by atoms with E-state index in [1.807, 2.05) is 30.3 Å². The van der Waals surface area contributed by atoms with E-state index in [2.05, 4.69) is 0 Å². The molecule has 0 saturated carbocycles. The van der Waals surface area contributed by atoms with Gasteiger partial charge in [0.15, 0.2) is 0 Å². The molecule has 1 amide bonds. The van der Waals surface area contributed by atoms with E-state index in [9.17, 15) is 13.2 Å². The second-order valence-electron chi connectivity index (χ2n) is 7.02. The Morgan fingerprint density at radius 1 is 1.19 bits per heavy atom. The molecular weight excluding hydrogens is 382 g/mol. The molecule has 2 heterocycles. The highest BCUT2D eigenvalue weighted by Crippen LogP contribution is 2.35. The zero-order valence-electron chi connectivity index (χ0n) is 15.5. The van der Waals surface area contributed by atoms with Crippen molar-refractivity contribution >= 4 is 27.3 Å². The van der Waals surface area contributed by atoms with Crippen LogP contribution in [0.3, 0.4) is 0 Å². The summed E-state index contributed by atoms with van der Waals surface area (Å²) in [5.41, 5.74) is 6.69. The topological polar surface area (TPSA) is 83.7 Å². The largest absolute Gasteiger partial charge is 0.349 e. The molecule has 6 nitrogen and oxygen atoms in total. The molecule has 1 fully saturated rings. The van der Waals surface area contributed by atoms with Crippen LogP contribution in [-0.2, 0) is 21.4 Å². The van der Waals surface area contributed by atoms with Crippen LogP contribution in [0.1, 0.15) is 22.8 Å². The van der Waals surface area contributed by atoms with Crippen molar-refractivity contribution in [2.24, 2.45) is 11.7 Å². The first-order valence-electron chi connectivity index (χ1n) is 8.88. The van der Waals surface area contributed by atoms with Crippen LogP contribution in [0.15, 0.2) is 46.7 Å². The van der Waals surface area contributed by atoms with Gasteiger partial charge in [0.05, 0.1) is 5.92 Å². The van der Waals surface area contributed by atoms with Crippen LogP contribution in [0.4, 0.5) is 0 Å². The van der Waals surface area contributed by atoms with Gasteiger partial charge in [-0.05, 0) is 30.0 Å².